The Hall–Kier alpha value is -4.35. The van der Waals surface area contributed by atoms with Crippen LogP contribution >= 0.6 is 0 Å². The number of carbonyl (C=O) groups excluding carboxylic acids is 1. The van der Waals surface area contributed by atoms with Crippen molar-refractivity contribution in [3.63, 3.8) is 0 Å². The third-order valence-electron chi connectivity index (χ3n) is 6.63. The predicted octanol–water partition coefficient (Wildman–Crippen LogP) is 4.44. The molecule has 2 aromatic carbocycles. The Balaban J connectivity index is 1.34. The molecular formula is C29H31F2N7O2. The van der Waals surface area contributed by atoms with Crippen LogP contribution in [0, 0.1) is 11.6 Å². The molecule has 0 spiro atoms. The lowest BCUT2D eigenvalue weighted by molar-refractivity contribution is -0.111. The first-order valence-corrected chi connectivity index (χ1v) is 12.9. The molecular weight excluding hydrogens is 516 g/mol. The van der Waals surface area contributed by atoms with Gasteiger partial charge in [0.25, 0.3) is 0 Å². The van der Waals surface area contributed by atoms with E-state index in [4.69, 9.17) is 0 Å². The lowest BCUT2D eigenvalue weighted by Crippen LogP contribution is -2.50. The summed E-state index contributed by atoms with van der Waals surface area (Å²) in [5.41, 5.74) is 1.38. The van der Waals surface area contributed by atoms with Gasteiger partial charge in [0.05, 0.1) is 41.1 Å². The molecule has 0 bridgehead atoms. The Kier molecular flexibility index (Phi) is 7.51. The number of β-amino-alcohol motifs (C(OH)–C–C–N with tert-alkyl or cyclic N) is 1. The highest BCUT2D eigenvalue weighted by molar-refractivity contribution is 5.99. The third-order valence-corrected chi connectivity index (χ3v) is 6.63. The number of piperazine rings is 1. The van der Waals surface area contributed by atoms with Crippen molar-refractivity contribution in [1.29, 1.82) is 0 Å². The summed E-state index contributed by atoms with van der Waals surface area (Å²) in [5.74, 6) is -1.36. The summed E-state index contributed by atoms with van der Waals surface area (Å²) < 4.78 is 32.1. The molecule has 0 unspecified atom stereocenters. The minimum absolute atomic E-state index is 0.0374. The maximum atomic E-state index is 15.2. The van der Waals surface area contributed by atoms with Gasteiger partial charge in [0.15, 0.2) is 11.6 Å². The highest BCUT2D eigenvalue weighted by atomic mass is 19.2. The summed E-state index contributed by atoms with van der Waals surface area (Å²) in [6.07, 6.45) is 6.07. The number of fused-ring (bicyclic) bond motifs is 1. The van der Waals surface area contributed by atoms with Crippen LogP contribution in [0.5, 0.6) is 0 Å². The number of amides is 1. The molecule has 1 saturated heterocycles. The number of imidazole rings is 1. The maximum absolute atomic E-state index is 15.2. The smallest absolute Gasteiger partial charge is 0.247 e. The van der Waals surface area contributed by atoms with Gasteiger partial charge >= 0.3 is 0 Å². The summed E-state index contributed by atoms with van der Waals surface area (Å²) in [6.45, 7) is 9.84. The van der Waals surface area contributed by atoms with Crippen molar-refractivity contribution in [3.8, 4) is 11.4 Å². The molecule has 11 heteroatoms. The first-order chi connectivity index (χ1) is 19.1. The number of hydrogen-bond acceptors (Lipinski definition) is 7. The molecule has 40 heavy (non-hydrogen) atoms. The van der Waals surface area contributed by atoms with Gasteiger partial charge in [0.1, 0.15) is 11.6 Å². The van der Waals surface area contributed by atoms with E-state index in [0.717, 1.165) is 5.56 Å². The zero-order valence-corrected chi connectivity index (χ0v) is 22.4. The zero-order chi connectivity index (χ0) is 28.4. The number of aliphatic hydroxyl groups is 1. The van der Waals surface area contributed by atoms with Crippen LogP contribution in [-0.4, -0.2) is 68.6 Å². The van der Waals surface area contributed by atoms with E-state index in [2.05, 4.69) is 32.1 Å². The van der Waals surface area contributed by atoms with Gasteiger partial charge in [-0.15, -0.1) is 0 Å². The summed E-state index contributed by atoms with van der Waals surface area (Å²) in [5, 5.41) is 15.7. The molecule has 208 valence electrons. The van der Waals surface area contributed by atoms with E-state index in [-0.39, 0.29) is 17.3 Å². The van der Waals surface area contributed by atoms with Gasteiger partial charge in [0.2, 0.25) is 5.91 Å². The number of aromatic nitrogens is 3. The number of anilines is 4. The van der Waals surface area contributed by atoms with Crippen molar-refractivity contribution in [3.05, 3.63) is 79.3 Å². The number of halogens is 2. The topological polar surface area (TPSA) is 98.0 Å². The largest absolute Gasteiger partial charge is 0.389 e. The second kappa shape index (κ2) is 11.0. The fourth-order valence-electron chi connectivity index (χ4n) is 4.82. The van der Waals surface area contributed by atoms with E-state index in [9.17, 15) is 9.90 Å². The first kappa shape index (κ1) is 27.2. The Morgan fingerprint density at radius 3 is 2.58 bits per heavy atom. The molecule has 0 atom stereocenters. The molecule has 9 nitrogen and oxygen atoms in total. The second-order valence-corrected chi connectivity index (χ2v) is 10.4. The molecule has 1 amide bonds. The van der Waals surface area contributed by atoms with Crippen molar-refractivity contribution in [2.24, 2.45) is 0 Å². The van der Waals surface area contributed by atoms with E-state index in [0.29, 0.717) is 55.6 Å². The highest BCUT2D eigenvalue weighted by Crippen LogP contribution is 2.30. The second-order valence-electron chi connectivity index (χ2n) is 10.4. The van der Waals surface area contributed by atoms with E-state index >= 15 is 8.78 Å². The van der Waals surface area contributed by atoms with Crippen LogP contribution in [0.3, 0.4) is 0 Å². The predicted molar refractivity (Wildman–Crippen MR) is 152 cm³/mol. The summed E-state index contributed by atoms with van der Waals surface area (Å²) in [7, 11) is 0. The van der Waals surface area contributed by atoms with Gasteiger partial charge < -0.3 is 20.6 Å². The van der Waals surface area contributed by atoms with E-state index in [1.165, 1.54) is 12.1 Å². The van der Waals surface area contributed by atoms with Crippen LogP contribution in [-0.2, 0) is 4.79 Å². The van der Waals surface area contributed by atoms with Gasteiger partial charge in [-0.1, -0.05) is 18.7 Å². The van der Waals surface area contributed by atoms with E-state index in [1.807, 2.05) is 11.0 Å². The Labute approximate surface area is 230 Å². The summed E-state index contributed by atoms with van der Waals surface area (Å²) >= 11 is 0. The van der Waals surface area contributed by atoms with Crippen LogP contribution in [0.1, 0.15) is 13.8 Å². The first-order valence-electron chi connectivity index (χ1n) is 12.9. The highest BCUT2D eigenvalue weighted by Gasteiger charge is 2.25. The van der Waals surface area contributed by atoms with Crippen molar-refractivity contribution < 1.29 is 18.7 Å². The molecule has 0 aliphatic carbocycles. The standard InChI is InChI=1S/C29H31F2N7O2/c1-4-25(39)34-20-7-5-6-19(14-20)28-33-16-21-15-32-24(17-38(21)28)35-22-8-9-23(27(31)26(22)30)37-12-10-36(11-13-37)18-29(2,3)40/h4-9,14-17,35,40H,1,10-13,18H2,2-3H3,(H,34,39). The van der Waals surface area contributed by atoms with Gasteiger partial charge in [-0.3, -0.25) is 14.1 Å². The SMILES string of the molecule is C=CC(=O)Nc1cccc(-c2ncc3cnc(Nc4ccc(N5CCN(CC(C)(C)O)CC5)c(F)c4F)cn23)c1. The number of benzene rings is 2. The maximum Gasteiger partial charge on any atom is 0.247 e. The lowest BCUT2D eigenvalue weighted by Gasteiger charge is -2.38. The molecule has 5 rings (SSSR count). The molecule has 1 fully saturated rings. The summed E-state index contributed by atoms with van der Waals surface area (Å²) in [6, 6.07) is 10.3. The molecule has 2 aromatic heterocycles. The average molecular weight is 548 g/mol. The van der Waals surface area contributed by atoms with Crippen molar-refractivity contribution in [2.75, 3.05) is 48.3 Å². The fraction of sp³-hybridized carbons (Fsp3) is 0.276. The number of rotatable bonds is 8. The van der Waals surface area contributed by atoms with Gasteiger partial charge in [0, 0.05) is 44.0 Å². The van der Waals surface area contributed by atoms with Gasteiger partial charge in [-0.25, -0.2) is 18.7 Å². The fourth-order valence-corrected chi connectivity index (χ4v) is 4.82. The number of carbonyl (C=O) groups is 1. The van der Waals surface area contributed by atoms with Gasteiger partial charge in [-0.2, -0.15) is 0 Å². The lowest BCUT2D eigenvalue weighted by atomic mass is 10.1. The summed E-state index contributed by atoms with van der Waals surface area (Å²) in [4.78, 5) is 24.4. The zero-order valence-electron chi connectivity index (χ0n) is 22.4. The van der Waals surface area contributed by atoms with Crippen molar-refractivity contribution >= 4 is 34.3 Å². The molecule has 1 aliphatic heterocycles. The monoisotopic (exact) mass is 547 g/mol. The van der Waals surface area contributed by atoms with Crippen LogP contribution in [0.2, 0.25) is 0 Å². The van der Waals surface area contributed by atoms with Crippen LogP contribution in [0.4, 0.5) is 31.7 Å². The number of hydrogen-bond donors (Lipinski definition) is 3. The normalized spacial score (nSPS) is 14.4. The quantitative estimate of drug-likeness (QED) is 0.281. The van der Waals surface area contributed by atoms with Crippen LogP contribution in [0.15, 0.2) is 67.6 Å². The van der Waals surface area contributed by atoms with Gasteiger partial charge in [-0.05, 0) is 44.2 Å². The van der Waals surface area contributed by atoms with Crippen molar-refractivity contribution in [1.82, 2.24) is 19.3 Å². The third kappa shape index (κ3) is 5.95. The average Bonchev–Trinajstić information content (AvgIpc) is 3.35. The van der Waals surface area contributed by atoms with Crippen LogP contribution in [0.25, 0.3) is 16.9 Å². The van der Waals surface area contributed by atoms with E-state index in [1.54, 1.807) is 61.1 Å². The molecule has 3 heterocycles. The van der Waals surface area contributed by atoms with Crippen molar-refractivity contribution in [2.45, 2.75) is 19.4 Å². The molecule has 4 aromatic rings. The number of nitrogens with one attached hydrogen (secondary N) is 2. The Bertz CT molecular complexity index is 1560. The minimum atomic E-state index is -0.991. The molecule has 1 aliphatic rings. The Morgan fingerprint density at radius 1 is 1.10 bits per heavy atom. The molecule has 0 saturated carbocycles. The number of nitrogens with zero attached hydrogens (tertiary/aromatic N) is 5. The molecule has 3 N–H and O–H groups in total. The van der Waals surface area contributed by atoms with Crippen LogP contribution < -0.4 is 15.5 Å². The van der Waals surface area contributed by atoms with E-state index < -0.39 is 17.2 Å². The Morgan fingerprint density at radius 2 is 1.85 bits per heavy atom. The minimum Gasteiger partial charge on any atom is -0.389 e. The molecule has 0 radical (unpaired) electrons.